The van der Waals surface area contributed by atoms with Gasteiger partial charge in [0.15, 0.2) is 5.65 Å². The molecule has 0 amide bonds. The molecule has 22 heavy (non-hydrogen) atoms. The van der Waals surface area contributed by atoms with Gasteiger partial charge in [-0.15, -0.1) is 0 Å². The maximum absolute atomic E-state index is 13.1. The highest BCUT2D eigenvalue weighted by Gasteiger charge is 2.32. The summed E-state index contributed by atoms with van der Waals surface area (Å²) in [7, 11) is 0. The SMILES string of the molecule is Fc1ccc(C(Nc2ccc3nccnc3n2)C2CC2)cc1. The lowest BCUT2D eigenvalue weighted by Crippen LogP contribution is -2.14. The number of hydrogen-bond donors (Lipinski definition) is 1. The molecule has 0 spiro atoms. The zero-order valence-electron chi connectivity index (χ0n) is 11.9. The zero-order chi connectivity index (χ0) is 14.9. The third-order valence-electron chi connectivity index (χ3n) is 3.96. The Morgan fingerprint density at radius 3 is 2.55 bits per heavy atom. The average molecular weight is 294 g/mol. The van der Waals surface area contributed by atoms with Gasteiger partial charge >= 0.3 is 0 Å². The van der Waals surface area contributed by atoms with Crippen LogP contribution < -0.4 is 5.32 Å². The molecular weight excluding hydrogens is 279 g/mol. The first-order valence-electron chi connectivity index (χ1n) is 7.39. The van der Waals surface area contributed by atoms with Crippen molar-refractivity contribution in [2.45, 2.75) is 18.9 Å². The molecule has 1 aliphatic carbocycles. The van der Waals surface area contributed by atoms with Crippen LogP contribution >= 0.6 is 0 Å². The van der Waals surface area contributed by atoms with Gasteiger partial charge in [-0.05, 0) is 48.6 Å². The van der Waals surface area contributed by atoms with Crippen molar-refractivity contribution >= 4 is 17.0 Å². The number of halogens is 1. The van der Waals surface area contributed by atoms with Gasteiger partial charge in [0.1, 0.15) is 17.2 Å². The van der Waals surface area contributed by atoms with E-state index < -0.39 is 0 Å². The molecule has 2 aromatic heterocycles. The fraction of sp³-hybridized carbons (Fsp3) is 0.235. The highest BCUT2D eigenvalue weighted by Crippen LogP contribution is 2.42. The lowest BCUT2D eigenvalue weighted by Gasteiger charge is -2.19. The molecular formula is C17H15FN4. The number of fused-ring (bicyclic) bond motifs is 1. The number of benzene rings is 1. The van der Waals surface area contributed by atoms with E-state index in [9.17, 15) is 4.39 Å². The minimum absolute atomic E-state index is 0.155. The Labute approximate surface area is 127 Å². The monoisotopic (exact) mass is 294 g/mol. The van der Waals surface area contributed by atoms with E-state index in [1.165, 1.54) is 25.0 Å². The maximum atomic E-state index is 13.1. The highest BCUT2D eigenvalue weighted by molar-refractivity contribution is 5.71. The molecule has 0 saturated heterocycles. The van der Waals surface area contributed by atoms with E-state index in [1.807, 2.05) is 24.3 Å². The average Bonchev–Trinajstić information content (AvgIpc) is 3.38. The number of hydrogen-bond acceptors (Lipinski definition) is 4. The molecule has 4 nitrogen and oxygen atoms in total. The first kappa shape index (κ1) is 13.1. The lowest BCUT2D eigenvalue weighted by molar-refractivity contribution is 0.622. The molecule has 3 aromatic rings. The van der Waals surface area contributed by atoms with Gasteiger partial charge < -0.3 is 5.32 Å². The van der Waals surface area contributed by atoms with Crippen LogP contribution in [0.1, 0.15) is 24.4 Å². The maximum Gasteiger partial charge on any atom is 0.180 e. The molecule has 1 aliphatic rings. The number of anilines is 1. The van der Waals surface area contributed by atoms with Crippen LogP contribution in [0, 0.1) is 11.7 Å². The van der Waals surface area contributed by atoms with Crippen LogP contribution in [-0.4, -0.2) is 15.0 Å². The second-order valence-electron chi connectivity index (χ2n) is 5.61. The minimum atomic E-state index is -0.211. The highest BCUT2D eigenvalue weighted by atomic mass is 19.1. The van der Waals surface area contributed by atoms with E-state index in [4.69, 9.17) is 0 Å². The molecule has 1 fully saturated rings. The molecule has 1 atom stereocenters. The largest absolute Gasteiger partial charge is 0.363 e. The predicted molar refractivity (Wildman–Crippen MR) is 82.8 cm³/mol. The minimum Gasteiger partial charge on any atom is -0.363 e. The van der Waals surface area contributed by atoms with Crippen LogP contribution in [-0.2, 0) is 0 Å². The normalized spacial score (nSPS) is 15.7. The molecule has 1 N–H and O–H groups in total. The summed E-state index contributed by atoms with van der Waals surface area (Å²) in [5, 5.41) is 3.47. The Morgan fingerprint density at radius 1 is 1.00 bits per heavy atom. The van der Waals surface area contributed by atoms with E-state index in [-0.39, 0.29) is 11.9 Å². The van der Waals surface area contributed by atoms with Crippen LogP contribution in [0.2, 0.25) is 0 Å². The molecule has 0 aliphatic heterocycles. The second kappa shape index (κ2) is 5.33. The smallest absolute Gasteiger partial charge is 0.180 e. The zero-order valence-corrected chi connectivity index (χ0v) is 11.9. The number of nitrogens with zero attached hydrogens (tertiary/aromatic N) is 3. The number of nitrogens with one attached hydrogen (secondary N) is 1. The van der Waals surface area contributed by atoms with Gasteiger partial charge in [-0.3, -0.25) is 4.98 Å². The summed E-state index contributed by atoms with van der Waals surface area (Å²) in [5.74, 6) is 1.14. The number of aromatic nitrogens is 3. The third kappa shape index (κ3) is 2.62. The fourth-order valence-corrected chi connectivity index (χ4v) is 2.67. The molecule has 110 valence electrons. The summed E-state index contributed by atoms with van der Waals surface area (Å²) in [5.41, 5.74) is 2.49. The van der Waals surface area contributed by atoms with E-state index in [0.717, 1.165) is 16.9 Å². The lowest BCUT2D eigenvalue weighted by atomic mass is 10.0. The molecule has 2 heterocycles. The van der Waals surface area contributed by atoms with Gasteiger partial charge in [-0.2, -0.15) is 0 Å². The van der Waals surface area contributed by atoms with E-state index in [1.54, 1.807) is 12.4 Å². The first-order chi connectivity index (χ1) is 10.8. The van der Waals surface area contributed by atoms with Crippen LogP contribution in [0.4, 0.5) is 10.2 Å². The molecule has 5 heteroatoms. The van der Waals surface area contributed by atoms with Crippen molar-refractivity contribution in [1.82, 2.24) is 15.0 Å². The molecule has 0 bridgehead atoms. The van der Waals surface area contributed by atoms with Crippen molar-refractivity contribution in [3.8, 4) is 0 Å². The number of rotatable bonds is 4. The Morgan fingerprint density at radius 2 is 1.77 bits per heavy atom. The standard InChI is InChI=1S/C17H15FN4/c18-13-5-3-12(4-6-13)16(11-1-2-11)21-15-8-7-14-17(22-15)20-10-9-19-14/h3-11,16H,1-2H2,(H,20,21,22). The predicted octanol–water partition coefficient (Wildman–Crippen LogP) is 3.73. The van der Waals surface area contributed by atoms with Crippen molar-refractivity contribution in [3.63, 3.8) is 0 Å². The fourth-order valence-electron chi connectivity index (χ4n) is 2.67. The molecule has 0 radical (unpaired) electrons. The summed E-state index contributed by atoms with van der Waals surface area (Å²) >= 11 is 0. The second-order valence-corrected chi connectivity index (χ2v) is 5.61. The van der Waals surface area contributed by atoms with E-state index in [2.05, 4.69) is 20.3 Å². The molecule has 1 saturated carbocycles. The Hall–Kier alpha value is -2.56. The quantitative estimate of drug-likeness (QED) is 0.796. The van der Waals surface area contributed by atoms with Gasteiger partial charge in [0.05, 0.1) is 6.04 Å². The summed E-state index contributed by atoms with van der Waals surface area (Å²) in [6.45, 7) is 0. The van der Waals surface area contributed by atoms with Gasteiger partial charge in [0, 0.05) is 12.4 Å². The van der Waals surface area contributed by atoms with Crippen molar-refractivity contribution in [1.29, 1.82) is 0 Å². The van der Waals surface area contributed by atoms with Gasteiger partial charge in [0.25, 0.3) is 0 Å². The molecule has 1 unspecified atom stereocenters. The van der Waals surface area contributed by atoms with Gasteiger partial charge in [0.2, 0.25) is 0 Å². The summed E-state index contributed by atoms with van der Waals surface area (Å²) in [6.07, 6.45) is 5.66. The Balaban J connectivity index is 1.64. The van der Waals surface area contributed by atoms with E-state index in [0.29, 0.717) is 11.6 Å². The Bertz CT molecular complexity index is 799. The van der Waals surface area contributed by atoms with Gasteiger partial charge in [-0.25, -0.2) is 14.4 Å². The third-order valence-corrected chi connectivity index (χ3v) is 3.96. The van der Waals surface area contributed by atoms with Crippen LogP contribution in [0.3, 0.4) is 0 Å². The van der Waals surface area contributed by atoms with Crippen LogP contribution in [0.15, 0.2) is 48.8 Å². The first-order valence-corrected chi connectivity index (χ1v) is 7.39. The van der Waals surface area contributed by atoms with Crippen molar-refractivity contribution in [2.75, 3.05) is 5.32 Å². The van der Waals surface area contributed by atoms with Crippen molar-refractivity contribution < 1.29 is 4.39 Å². The topological polar surface area (TPSA) is 50.7 Å². The summed E-state index contributed by atoms with van der Waals surface area (Å²) in [6, 6.07) is 10.7. The Kier molecular flexibility index (Phi) is 3.18. The summed E-state index contributed by atoms with van der Waals surface area (Å²) in [4.78, 5) is 13.0. The molecule has 1 aromatic carbocycles. The van der Waals surface area contributed by atoms with Crippen LogP contribution in [0.5, 0.6) is 0 Å². The van der Waals surface area contributed by atoms with Gasteiger partial charge in [-0.1, -0.05) is 12.1 Å². The molecule has 4 rings (SSSR count). The van der Waals surface area contributed by atoms with Crippen molar-refractivity contribution in [2.24, 2.45) is 5.92 Å². The summed E-state index contributed by atoms with van der Waals surface area (Å²) < 4.78 is 13.1. The number of pyridine rings is 1. The van der Waals surface area contributed by atoms with Crippen LogP contribution in [0.25, 0.3) is 11.2 Å². The van der Waals surface area contributed by atoms with E-state index >= 15 is 0 Å². The van der Waals surface area contributed by atoms with Crippen molar-refractivity contribution in [3.05, 3.63) is 60.2 Å².